The number of aromatic nitrogens is 2. The Morgan fingerprint density at radius 1 is 0.909 bits per heavy atom. The highest BCUT2D eigenvalue weighted by atomic mass is 19.1. The third-order valence-corrected chi connectivity index (χ3v) is 5.51. The van der Waals surface area contributed by atoms with E-state index in [4.69, 9.17) is 0 Å². The first-order chi connectivity index (χ1) is 16.1. The van der Waals surface area contributed by atoms with Crippen molar-refractivity contribution in [2.45, 2.75) is 12.5 Å². The Labute approximate surface area is 188 Å². The van der Waals surface area contributed by atoms with Gasteiger partial charge in [-0.1, -0.05) is 24.3 Å². The second-order valence-electron chi connectivity index (χ2n) is 7.70. The number of nitrogens with zero attached hydrogens (tertiary/aromatic N) is 3. The maximum Gasteiger partial charge on any atom is 0.253 e. The molecule has 6 nitrogen and oxygen atoms in total. The number of rotatable bonds is 5. The zero-order chi connectivity index (χ0) is 22.8. The highest BCUT2D eigenvalue weighted by molar-refractivity contribution is 5.97. The van der Waals surface area contributed by atoms with Gasteiger partial charge in [0.2, 0.25) is 0 Å². The lowest BCUT2D eigenvalue weighted by molar-refractivity contribution is 0.0946. The lowest BCUT2D eigenvalue weighted by Crippen LogP contribution is -2.31. The lowest BCUT2D eigenvalue weighted by atomic mass is 9.99. The van der Waals surface area contributed by atoms with Gasteiger partial charge in [-0.05, 0) is 53.6 Å². The van der Waals surface area contributed by atoms with Gasteiger partial charge in [-0.2, -0.15) is 5.11 Å². The monoisotopic (exact) mass is 443 g/mol. The van der Waals surface area contributed by atoms with Gasteiger partial charge in [0.15, 0.2) is 5.82 Å². The van der Waals surface area contributed by atoms with E-state index in [1.54, 1.807) is 36.5 Å². The number of pyridine rings is 1. The van der Waals surface area contributed by atoms with Crippen molar-refractivity contribution in [2.75, 3.05) is 6.54 Å². The molecule has 0 radical (unpaired) electrons. The Morgan fingerprint density at radius 3 is 2.21 bits per heavy atom. The third kappa shape index (κ3) is 4.41. The number of carbonyl (C=O) groups excluding carboxylic acids is 1. The fourth-order valence-corrected chi connectivity index (χ4v) is 3.82. The number of halogens is 2. The summed E-state index contributed by atoms with van der Waals surface area (Å²) >= 11 is 0. The van der Waals surface area contributed by atoms with Gasteiger partial charge >= 0.3 is 0 Å². The predicted octanol–water partition coefficient (Wildman–Crippen LogP) is 5.51. The summed E-state index contributed by atoms with van der Waals surface area (Å²) in [5.41, 5.74) is 4.59. The molecule has 0 saturated heterocycles. The molecule has 2 N–H and O–H groups in total. The Hall–Kier alpha value is -4.20. The van der Waals surface area contributed by atoms with Crippen LogP contribution in [0.2, 0.25) is 0 Å². The Balaban J connectivity index is 1.47. The van der Waals surface area contributed by atoms with Crippen LogP contribution in [-0.2, 0) is 6.42 Å². The van der Waals surface area contributed by atoms with Crippen LogP contribution in [0.15, 0.2) is 83.2 Å². The summed E-state index contributed by atoms with van der Waals surface area (Å²) in [4.78, 5) is 19.6. The average molecular weight is 443 g/mol. The largest absolute Gasteiger partial charge is 0.358 e. The summed E-state index contributed by atoms with van der Waals surface area (Å²) in [5.74, 6) is -0.427. The lowest BCUT2D eigenvalue weighted by Gasteiger charge is -2.12. The fourth-order valence-electron chi connectivity index (χ4n) is 3.82. The van der Waals surface area contributed by atoms with Gasteiger partial charge < -0.3 is 10.3 Å². The number of carbonyl (C=O) groups is 1. The van der Waals surface area contributed by atoms with Crippen LogP contribution >= 0.6 is 0 Å². The van der Waals surface area contributed by atoms with Gasteiger partial charge in [0, 0.05) is 36.1 Å². The van der Waals surface area contributed by atoms with Crippen LogP contribution in [0.1, 0.15) is 33.2 Å². The van der Waals surface area contributed by atoms with Crippen LogP contribution in [0, 0.1) is 11.6 Å². The molecule has 0 aliphatic carbocycles. The van der Waals surface area contributed by atoms with Crippen LogP contribution < -0.4 is 5.32 Å². The number of hydrogen-bond acceptors (Lipinski definition) is 4. The average Bonchev–Trinajstić information content (AvgIpc) is 3.28. The van der Waals surface area contributed by atoms with Gasteiger partial charge in [0.25, 0.3) is 5.91 Å². The summed E-state index contributed by atoms with van der Waals surface area (Å²) in [5, 5.41) is 11.6. The van der Waals surface area contributed by atoms with E-state index in [1.807, 2.05) is 12.1 Å². The first-order valence-corrected chi connectivity index (χ1v) is 10.4. The second-order valence-corrected chi connectivity index (χ2v) is 7.70. The smallest absolute Gasteiger partial charge is 0.253 e. The molecule has 1 aliphatic heterocycles. The molecule has 4 aromatic rings. The van der Waals surface area contributed by atoms with E-state index in [-0.39, 0.29) is 17.5 Å². The number of amides is 1. The quantitative estimate of drug-likeness (QED) is 0.399. The van der Waals surface area contributed by atoms with Crippen LogP contribution in [0.25, 0.3) is 11.3 Å². The van der Waals surface area contributed by atoms with Crippen molar-refractivity contribution in [3.05, 3.63) is 107 Å². The maximum absolute atomic E-state index is 13.4. The van der Waals surface area contributed by atoms with Crippen LogP contribution in [0.3, 0.4) is 0 Å². The molecule has 0 fully saturated rings. The third-order valence-electron chi connectivity index (χ3n) is 5.51. The zero-order valence-corrected chi connectivity index (χ0v) is 17.4. The van der Waals surface area contributed by atoms with Crippen LogP contribution in [0.4, 0.5) is 14.6 Å². The summed E-state index contributed by atoms with van der Waals surface area (Å²) in [6.07, 6.45) is 2.37. The van der Waals surface area contributed by atoms with Crippen molar-refractivity contribution in [1.29, 1.82) is 0 Å². The molecule has 33 heavy (non-hydrogen) atoms. The van der Waals surface area contributed by atoms with Gasteiger partial charge in [-0.15, -0.1) is 5.11 Å². The molecule has 164 valence electrons. The van der Waals surface area contributed by atoms with E-state index < -0.39 is 6.04 Å². The van der Waals surface area contributed by atoms with Crippen molar-refractivity contribution in [3.8, 4) is 11.3 Å². The van der Waals surface area contributed by atoms with Crippen molar-refractivity contribution in [2.24, 2.45) is 10.2 Å². The van der Waals surface area contributed by atoms with Crippen LogP contribution in [-0.4, -0.2) is 22.4 Å². The number of nitrogens with one attached hydrogen (secondary N) is 2. The summed E-state index contributed by atoms with van der Waals surface area (Å²) in [6.45, 7) is 0.607. The Morgan fingerprint density at radius 2 is 1.58 bits per heavy atom. The molecular weight excluding hydrogens is 424 g/mol. The van der Waals surface area contributed by atoms with E-state index >= 15 is 0 Å². The number of hydrogen-bond donors (Lipinski definition) is 2. The van der Waals surface area contributed by atoms with E-state index in [0.29, 0.717) is 29.1 Å². The van der Waals surface area contributed by atoms with Gasteiger partial charge in [0.05, 0.1) is 5.56 Å². The van der Waals surface area contributed by atoms with E-state index in [0.717, 1.165) is 23.4 Å². The standard InChI is InChI=1S/C25H19F2N5O/c26-18-5-1-15(2-6-18)24(16-3-7-19(27)8-4-16)32-31-23-13-17(9-11-28-23)22-14-20-21(30-22)10-12-29-25(20)33/h1-9,11,13-14,24,30H,10,12H2,(H,29,33). The van der Waals surface area contributed by atoms with Crippen molar-refractivity contribution in [1.82, 2.24) is 15.3 Å². The first-order valence-electron chi connectivity index (χ1n) is 10.4. The highest BCUT2D eigenvalue weighted by Crippen LogP contribution is 2.30. The van der Waals surface area contributed by atoms with E-state index in [1.165, 1.54) is 24.3 Å². The molecule has 3 heterocycles. The minimum atomic E-state index is -0.557. The molecule has 0 spiro atoms. The first kappa shape index (κ1) is 20.7. The second kappa shape index (κ2) is 8.74. The molecule has 0 saturated carbocycles. The van der Waals surface area contributed by atoms with Gasteiger partial charge in [-0.3, -0.25) is 4.79 Å². The molecule has 0 unspecified atom stereocenters. The van der Waals surface area contributed by atoms with Crippen molar-refractivity contribution in [3.63, 3.8) is 0 Å². The maximum atomic E-state index is 13.4. The number of fused-ring (bicyclic) bond motifs is 1. The predicted molar refractivity (Wildman–Crippen MR) is 119 cm³/mol. The minimum absolute atomic E-state index is 0.0887. The Bertz CT molecular complexity index is 1280. The molecule has 0 atom stereocenters. The summed E-state index contributed by atoms with van der Waals surface area (Å²) < 4.78 is 26.9. The normalized spacial score (nSPS) is 13.4. The molecule has 5 rings (SSSR count). The number of benzene rings is 2. The molecule has 8 heteroatoms. The number of H-pyrrole nitrogens is 1. The molecule has 2 aromatic carbocycles. The molecule has 2 aromatic heterocycles. The topological polar surface area (TPSA) is 82.5 Å². The van der Waals surface area contributed by atoms with E-state index in [9.17, 15) is 13.6 Å². The van der Waals surface area contributed by atoms with Gasteiger partial charge in [-0.25, -0.2) is 13.8 Å². The fraction of sp³-hybridized carbons (Fsp3) is 0.120. The SMILES string of the molecule is O=C1NCCc2[nH]c(-c3ccnc(N=NC(c4ccc(F)cc4)c4ccc(F)cc4)c3)cc21. The number of aromatic amines is 1. The van der Waals surface area contributed by atoms with Crippen molar-refractivity contribution >= 4 is 11.7 Å². The molecule has 1 aliphatic rings. The Kier molecular flexibility index (Phi) is 5.48. The molecule has 0 bridgehead atoms. The van der Waals surface area contributed by atoms with E-state index in [2.05, 4.69) is 25.5 Å². The number of azo groups is 1. The summed E-state index contributed by atoms with van der Waals surface area (Å²) in [6, 6.07) is 16.8. The molecule has 1 amide bonds. The van der Waals surface area contributed by atoms with Gasteiger partial charge in [0.1, 0.15) is 17.7 Å². The summed E-state index contributed by atoms with van der Waals surface area (Å²) in [7, 11) is 0. The zero-order valence-electron chi connectivity index (χ0n) is 17.4. The highest BCUT2D eigenvalue weighted by Gasteiger charge is 2.20. The van der Waals surface area contributed by atoms with Crippen molar-refractivity contribution < 1.29 is 13.6 Å². The van der Waals surface area contributed by atoms with Crippen LogP contribution in [0.5, 0.6) is 0 Å². The molecular formula is C25H19F2N5O. The minimum Gasteiger partial charge on any atom is -0.358 e.